The highest BCUT2D eigenvalue weighted by Crippen LogP contribution is 2.22. The monoisotopic (exact) mass is 240 g/mol. The van der Waals surface area contributed by atoms with Crippen LogP contribution in [0.5, 0.6) is 0 Å². The summed E-state index contributed by atoms with van der Waals surface area (Å²) in [5.74, 6) is 0. The average molecular weight is 240 g/mol. The van der Waals surface area contributed by atoms with E-state index in [-0.39, 0.29) is 6.04 Å². The van der Waals surface area contributed by atoms with Crippen molar-refractivity contribution in [1.29, 1.82) is 0 Å². The third kappa shape index (κ3) is 2.96. The molecule has 1 heterocycles. The normalized spacial score (nSPS) is 12.4. The van der Waals surface area contributed by atoms with Crippen molar-refractivity contribution in [3.8, 4) is 0 Å². The van der Waals surface area contributed by atoms with Crippen LogP contribution in [0.1, 0.15) is 35.2 Å². The predicted molar refractivity (Wildman–Crippen MR) is 75.7 cm³/mol. The maximum atomic E-state index is 4.29. The average Bonchev–Trinajstić information content (AvgIpc) is 2.37. The maximum absolute atomic E-state index is 4.29. The number of hydrogen-bond acceptors (Lipinski definition) is 2. The van der Waals surface area contributed by atoms with Crippen molar-refractivity contribution in [2.24, 2.45) is 0 Å². The number of nitrogens with one attached hydrogen (secondary N) is 1. The number of aryl methyl sites for hydroxylation is 2. The molecule has 0 spiro atoms. The molecule has 0 fully saturated rings. The number of benzene rings is 1. The van der Waals surface area contributed by atoms with Crippen molar-refractivity contribution in [3.05, 3.63) is 65.0 Å². The van der Waals surface area contributed by atoms with Gasteiger partial charge in [0, 0.05) is 12.4 Å². The lowest BCUT2D eigenvalue weighted by atomic mass is 9.98. The second-order valence-corrected chi connectivity index (χ2v) is 4.70. The van der Waals surface area contributed by atoms with E-state index in [1.54, 1.807) is 0 Å². The first kappa shape index (κ1) is 12.8. The highest BCUT2D eigenvalue weighted by atomic mass is 14.9. The minimum absolute atomic E-state index is 0.225. The fourth-order valence-electron chi connectivity index (χ4n) is 2.13. The fourth-order valence-corrected chi connectivity index (χ4v) is 2.13. The zero-order chi connectivity index (χ0) is 13.0. The first-order chi connectivity index (χ1) is 8.70. The molecular formula is C16H20N2. The molecule has 94 valence electrons. The van der Waals surface area contributed by atoms with Crippen LogP contribution in [0.2, 0.25) is 0 Å². The Bertz CT molecular complexity index is 503. The first-order valence-corrected chi connectivity index (χ1v) is 6.42. The Morgan fingerprint density at radius 1 is 1.00 bits per heavy atom. The van der Waals surface area contributed by atoms with Gasteiger partial charge in [-0.25, -0.2) is 0 Å². The van der Waals surface area contributed by atoms with Crippen LogP contribution in [-0.4, -0.2) is 11.5 Å². The Balaban J connectivity index is 2.36. The Labute approximate surface area is 109 Å². The molecule has 2 aromatic rings. The van der Waals surface area contributed by atoms with Gasteiger partial charge in [0.05, 0.1) is 6.04 Å². The number of nitrogens with zero attached hydrogens (tertiary/aromatic N) is 1. The predicted octanol–water partition coefficient (Wildman–Crippen LogP) is 3.40. The van der Waals surface area contributed by atoms with Crippen molar-refractivity contribution in [3.63, 3.8) is 0 Å². The fraction of sp³-hybridized carbons (Fsp3) is 0.312. The minimum atomic E-state index is 0.225. The summed E-state index contributed by atoms with van der Waals surface area (Å²) >= 11 is 0. The van der Waals surface area contributed by atoms with Gasteiger partial charge in [-0.1, -0.05) is 42.8 Å². The van der Waals surface area contributed by atoms with Gasteiger partial charge in [0.1, 0.15) is 0 Å². The van der Waals surface area contributed by atoms with Gasteiger partial charge in [-0.2, -0.15) is 0 Å². The molecule has 0 amide bonds. The van der Waals surface area contributed by atoms with Gasteiger partial charge in [-0.05, 0) is 37.1 Å². The van der Waals surface area contributed by atoms with E-state index in [0.717, 1.165) is 6.54 Å². The number of hydrogen-bond donors (Lipinski definition) is 1. The van der Waals surface area contributed by atoms with Crippen molar-refractivity contribution in [2.45, 2.75) is 26.8 Å². The van der Waals surface area contributed by atoms with Gasteiger partial charge >= 0.3 is 0 Å². The smallest absolute Gasteiger partial charge is 0.0591 e. The summed E-state index contributed by atoms with van der Waals surface area (Å²) < 4.78 is 0. The summed E-state index contributed by atoms with van der Waals surface area (Å²) in [5.41, 5.74) is 4.99. The first-order valence-electron chi connectivity index (χ1n) is 6.42. The van der Waals surface area contributed by atoms with Gasteiger partial charge in [-0.15, -0.1) is 0 Å². The van der Waals surface area contributed by atoms with Gasteiger partial charge < -0.3 is 5.32 Å². The lowest BCUT2D eigenvalue weighted by Gasteiger charge is -2.19. The molecule has 1 atom stereocenters. The van der Waals surface area contributed by atoms with E-state index in [4.69, 9.17) is 0 Å². The molecule has 1 unspecified atom stereocenters. The summed E-state index contributed by atoms with van der Waals surface area (Å²) in [6.45, 7) is 7.26. The molecule has 1 aromatic carbocycles. The van der Waals surface area contributed by atoms with Gasteiger partial charge in [0.25, 0.3) is 0 Å². The summed E-state index contributed by atoms with van der Waals surface area (Å²) in [6.07, 6.45) is 3.84. The Kier molecular flexibility index (Phi) is 4.11. The van der Waals surface area contributed by atoms with Crippen molar-refractivity contribution >= 4 is 0 Å². The van der Waals surface area contributed by atoms with Crippen LogP contribution >= 0.6 is 0 Å². The summed E-state index contributed by atoms with van der Waals surface area (Å²) in [5, 5.41) is 3.52. The van der Waals surface area contributed by atoms with Crippen LogP contribution in [0, 0.1) is 13.8 Å². The largest absolute Gasteiger partial charge is 0.306 e. The lowest BCUT2D eigenvalue weighted by molar-refractivity contribution is 0.628. The molecule has 0 bridgehead atoms. The zero-order valence-electron chi connectivity index (χ0n) is 11.3. The molecule has 0 aliphatic heterocycles. The number of aromatic nitrogens is 1. The molecule has 0 aliphatic carbocycles. The molecule has 2 rings (SSSR count). The van der Waals surface area contributed by atoms with E-state index in [9.17, 15) is 0 Å². The Hall–Kier alpha value is -1.67. The molecular weight excluding hydrogens is 220 g/mol. The second kappa shape index (κ2) is 5.78. The summed E-state index contributed by atoms with van der Waals surface area (Å²) in [6, 6.07) is 11.1. The minimum Gasteiger partial charge on any atom is -0.306 e. The van der Waals surface area contributed by atoms with Crippen LogP contribution in [0.15, 0.2) is 42.7 Å². The molecule has 18 heavy (non-hydrogen) atoms. The van der Waals surface area contributed by atoms with E-state index in [1.807, 2.05) is 12.4 Å². The van der Waals surface area contributed by atoms with Crippen LogP contribution in [0.4, 0.5) is 0 Å². The van der Waals surface area contributed by atoms with Gasteiger partial charge in [0.2, 0.25) is 0 Å². The van der Waals surface area contributed by atoms with E-state index in [0.29, 0.717) is 0 Å². The molecule has 0 saturated carbocycles. The highest BCUT2D eigenvalue weighted by molar-refractivity contribution is 5.33. The molecule has 0 radical (unpaired) electrons. The molecule has 2 nitrogen and oxygen atoms in total. The lowest BCUT2D eigenvalue weighted by Crippen LogP contribution is -2.22. The second-order valence-electron chi connectivity index (χ2n) is 4.70. The SMILES string of the molecule is CCNC(c1ccc(C)cc1)c1cncc(C)c1. The highest BCUT2D eigenvalue weighted by Gasteiger charge is 2.12. The van der Waals surface area contributed by atoms with E-state index in [2.05, 4.69) is 61.4 Å². The van der Waals surface area contributed by atoms with Crippen molar-refractivity contribution in [1.82, 2.24) is 10.3 Å². The standard InChI is InChI=1S/C16H20N2/c1-4-18-16(14-7-5-12(2)6-8-14)15-9-13(3)10-17-11-15/h5-11,16,18H,4H2,1-3H3. The summed E-state index contributed by atoms with van der Waals surface area (Å²) in [7, 11) is 0. The van der Waals surface area contributed by atoms with E-state index < -0.39 is 0 Å². The van der Waals surface area contributed by atoms with Crippen LogP contribution in [0.3, 0.4) is 0 Å². The summed E-state index contributed by atoms with van der Waals surface area (Å²) in [4.78, 5) is 4.29. The van der Waals surface area contributed by atoms with Crippen LogP contribution < -0.4 is 5.32 Å². The zero-order valence-corrected chi connectivity index (χ0v) is 11.3. The van der Waals surface area contributed by atoms with Gasteiger partial charge in [0.15, 0.2) is 0 Å². The third-order valence-corrected chi connectivity index (χ3v) is 3.05. The van der Waals surface area contributed by atoms with Crippen LogP contribution in [0.25, 0.3) is 0 Å². The van der Waals surface area contributed by atoms with Crippen molar-refractivity contribution < 1.29 is 0 Å². The quantitative estimate of drug-likeness (QED) is 0.886. The maximum Gasteiger partial charge on any atom is 0.0591 e. The molecule has 0 saturated heterocycles. The number of rotatable bonds is 4. The van der Waals surface area contributed by atoms with Crippen LogP contribution in [-0.2, 0) is 0 Å². The van der Waals surface area contributed by atoms with E-state index in [1.165, 1.54) is 22.3 Å². The topological polar surface area (TPSA) is 24.9 Å². The molecule has 1 aromatic heterocycles. The molecule has 0 aliphatic rings. The van der Waals surface area contributed by atoms with E-state index >= 15 is 0 Å². The third-order valence-electron chi connectivity index (χ3n) is 3.05. The van der Waals surface area contributed by atoms with Crippen molar-refractivity contribution in [2.75, 3.05) is 6.54 Å². The van der Waals surface area contributed by atoms with Gasteiger partial charge in [-0.3, -0.25) is 4.98 Å². The Morgan fingerprint density at radius 3 is 2.33 bits per heavy atom. The molecule has 1 N–H and O–H groups in total. The Morgan fingerprint density at radius 2 is 1.72 bits per heavy atom. The molecule has 2 heteroatoms. The number of pyridine rings is 1.